The standard InChI is InChI=1S/C29H37F3N6O2/c1-19(2)37(20(3)4)15-14-33-24-10-11-25(34-17-24)18-38-21(5)16-27(36-38)28(39-7)35-22(6)23-8-12-26(13-9-23)40-29(30,31)32/h8-13,16-17,19-20,33H,6,14-15,18H2,1-5,7H3. The Bertz CT molecular complexity index is 1270. The van der Waals surface area contributed by atoms with Gasteiger partial charge in [-0.15, -0.1) is 13.2 Å². The van der Waals surface area contributed by atoms with Gasteiger partial charge in [0.25, 0.3) is 0 Å². The van der Waals surface area contributed by atoms with Crippen LogP contribution >= 0.6 is 0 Å². The maximum Gasteiger partial charge on any atom is 0.573 e. The molecule has 0 amide bonds. The van der Waals surface area contributed by atoms with Crippen molar-refractivity contribution in [1.29, 1.82) is 0 Å². The van der Waals surface area contributed by atoms with E-state index in [-0.39, 0.29) is 11.6 Å². The largest absolute Gasteiger partial charge is 0.573 e. The predicted molar refractivity (Wildman–Crippen MR) is 151 cm³/mol. The van der Waals surface area contributed by atoms with Gasteiger partial charge in [0, 0.05) is 30.9 Å². The van der Waals surface area contributed by atoms with Crippen molar-refractivity contribution in [3.05, 3.63) is 77.9 Å². The van der Waals surface area contributed by atoms with Crippen molar-refractivity contribution in [2.24, 2.45) is 4.99 Å². The summed E-state index contributed by atoms with van der Waals surface area (Å²) in [6, 6.07) is 12.1. The highest BCUT2D eigenvalue weighted by atomic mass is 19.4. The topological polar surface area (TPSA) is 76.8 Å². The molecule has 0 aliphatic heterocycles. The summed E-state index contributed by atoms with van der Waals surface area (Å²) < 4.78 is 48.4. The number of methoxy groups -OCH3 is 1. The lowest BCUT2D eigenvalue weighted by Crippen LogP contribution is -2.40. The lowest BCUT2D eigenvalue weighted by molar-refractivity contribution is -0.274. The fraction of sp³-hybridized carbons (Fsp3) is 0.414. The number of nitrogens with one attached hydrogen (secondary N) is 1. The second kappa shape index (κ2) is 13.5. The van der Waals surface area contributed by atoms with Crippen LogP contribution in [-0.2, 0) is 11.3 Å². The average Bonchev–Trinajstić information content (AvgIpc) is 3.24. The molecule has 0 atom stereocenters. The Morgan fingerprint density at radius 2 is 1.77 bits per heavy atom. The summed E-state index contributed by atoms with van der Waals surface area (Å²) in [4.78, 5) is 11.4. The number of aryl methyl sites for hydroxylation is 1. The number of nitrogens with zero attached hydrogens (tertiary/aromatic N) is 5. The first-order valence-corrected chi connectivity index (χ1v) is 13.0. The second-order valence-corrected chi connectivity index (χ2v) is 9.86. The van der Waals surface area contributed by atoms with E-state index in [2.05, 4.69) is 64.3 Å². The van der Waals surface area contributed by atoms with Crippen molar-refractivity contribution < 1.29 is 22.6 Å². The number of rotatable bonds is 12. The van der Waals surface area contributed by atoms with Gasteiger partial charge in [-0.2, -0.15) is 5.10 Å². The fourth-order valence-electron chi connectivity index (χ4n) is 4.24. The third kappa shape index (κ3) is 8.84. The molecule has 0 bridgehead atoms. The third-order valence-corrected chi connectivity index (χ3v) is 6.21. The number of pyridine rings is 1. The number of aromatic nitrogens is 3. The van der Waals surface area contributed by atoms with E-state index in [1.807, 2.05) is 31.3 Å². The van der Waals surface area contributed by atoms with E-state index in [1.165, 1.54) is 31.4 Å². The third-order valence-electron chi connectivity index (χ3n) is 6.21. The molecule has 0 aliphatic rings. The van der Waals surface area contributed by atoms with E-state index in [9.17, 15) is 13.2 Å². The SMILES string of the molecule is C=C(N=C(OC)c1cc(C)n(Cc2ccc(NCCN(C(C)C)C(C)C)cn2)n1)c1ccc(OC(F)(F)F)cc1. The number of hydrogen-bond donors (Lipinski definition) is 1. The summed E-state index contributed by atoms with van der Waals surface area (Å²) in [5.74, 6) is -0.0949. The Hall–Kier alpha value is -3.86. The molecule has 1 N–H and O–H groups in total. The minimum Gasteiger partial charge on any atom is -0.479 e. The molecule has 0 aliphatic carbocycles. The maximum atomic E-state index is 12.4. The van der Waals surface area contributed by atoms with E-state index in [4.69, 9.17) is 4.74 Å². The Morgan fingerprint density at radius 3 is 2.33 bits per heavy atom. The van der Waals surface area contributed by atoms with Crippen LogP contribution in [0.25, 0.3) is 5.70 Å². The molecule has 3 aromatic rings. The highest BCUT2D eigenvalue weighted by Crippen LogP contribution is 2.25. The van der Waals surface area contributed by atoms with Crippen LogP contribution in [-0.4, -0.2) is 64.2 Å². The van der Waals surface area contributed by atoms with Gasteiger partial charge in [-0.25, -0.2) is 4.99 Å². The van der Waals surface area contributed by atoms with Gasteiger partial charge in [0.15, 0.2) is 0 Å². The number of aliphatic imine (C=N–C) groups is 1. The minimum atomic E-state index is -4.76. The number of alkyl halides is 3. The maximum absolute atomic E-state index is 12.4. The fourth-order valence-corrected chi connectivity index (χ4v) is 4.24. The molecule has 0 saturated heterocycles. The second-order valence-electron chi connectivity index (χ2n) is 9.86. The molecule has 0 spiro atoms. The molecule has 216 valence electrons. The summed E-state index contributed by atoms with van der Waals surface area (Å²) in [5, 5.41) is 8.05. The van der Waals surface area contributed by atoms with Crippen molar-refractivity contribution in [1.82, 2.24) is 19.7 Å². The first kappa shape index (κ1) is 30.7. The molecule has 0 radical (unpaired) electrons. The van der Waals surface area contributed by atoms with Gasteiger partial charge < -0.3 is 14.8 Å². The Balaban J connectivity index is 1.64. The van der Waals surface area contributed by atoms with E-state index >= 15 is 0 Å². The molecule has 0 unspecified atom stereocenters. The zero-order valence-electron chi connectivity index (χ0n) is 23.8. The molecule has 3 rings (SSSR count). The molecule has 1 aromatic carbocycles. The van der Waals surface area contributed by atoms with Crippen LogP contribution in [0.4, 0.5) is 18.9 Å². The average molecular weight is 559 g/mol. The smallest absolute Gasteiger partial charge is 0.479 e. The Labute approximate surface area is 233 Å². The van der Waals surface area contributed by atoms with E-state index in [1.54, 1.807) is 4.68 Å². The molecular formula is C29H37F3N6O2. The molecule has 2 aromatic heterocycles. The highest BCUT2D eigenvalue weighted by molar-refractivity contribution is 5.95. The van der Waals surface area contributed by atoms with Crippen LogP contribution in [0, 0.1) is 6.92 Å². The van der Waals surface area contributed by atoms with Crippen molar-refractivity contribution in [2.45, 2.75) is 59.6 Å². The van der Waals surface area contributed by atoms with Gasteiger partial charge in [-0.3, -0.25) is 14.6 Å². The summed E-state index contributed by atoms with van der Waals surface area (Å²) in [7, 11) is 1.47. The normalized spacial score (nSPS) is 12.3. The van der Waals surface area contributed by atoms with Gasteiger partial charge in [-0.05, 0) is 82.6 Å². The van der Waals surface area contributed by atoms with E-state index in [0.29, 0.717) is 35.6 Å². The summed E-state index contributed by atoms with van der Waals surface area (Å²) in [5.41, 5.74) is 3.99. The van der Waals surface area contributed by atoms with Crippen molar-refractivity contribution in [3.63, 3.8) is 0 Å². The number of ether oxygens (including phenoxy) is 2. The molecule has 0 fully saturated rings. The zero-order valence-corrected chi connectivity index (χ0v) is 23.8. The predicted octanol–water partition coefficient (Wildman–Crippen LogP) is 6.13. The summed E-state index contributed by atoms with van der Waals surface area (Å²) in [6.07, 6.45) is -2.94. The van der Waals surface area contributed by atoms with Crippen molar-refractivity contribution in [3.8, 4) is 5.75 Å². The van der Waals surface area contributed by atoms with Crippen LogP contribution in [0.15, 0.2) is 60.2 Å². The molecule has 8 nitrogen and oxygen atoms in total. The lowest BCUT2D eigenvalue weighted by atomic mass is 10.2. The van der Waals surface area contributed by atoms with Gasteiger partial charge in [0.1, 0.15) is 11.4 Å². The van der Waals surface area contributed by atoms with E-state index in [0.717, 1.165) is 30.2 Å². The Morgan fingerprint density at radius 1 is 1.10 bits per heavy atom. The molecule has 11 heteroatoms. The highest BCUT2D eigenvalue weighted by Gasteiger charge is 2.31. The van der Waals surface area contributed by atoms with Gasteiger partial charge >= 0.3 is 6.36 Å². The van der Waals surface area contributed by atoms with Crippen LogP contribution in [0.5, 0.6) is 5.75 Å². The van der Waals surface area contributed by atoms with Crippen LogP contribution in [0.3, 0.4) is 0 Å². The first-order chi connectivity index (χ1) is 18.9. The van der Waals surface area contributed by atoms with Gasteiger partial charge in [0.2, 0.25) is 5.90 Å². The number of halogens is 3. The molecule has 40 heavy (non-hydrogen) atoms. The molecule has 0 saturated carbocycles. The molecule has 2 heterocycles. The van der Waals surface area contributed by atoms with E-state index < -0.39 is 6.36 Å². The molecular weight excluding hydrogens is 521 g/mol. The Kier molecular flexibility index (Phi) is 10.3. The summed E-state index contributed by atoms with van der Waals surface area (Å²) >= 11 is 0. The van der Waals surface area contributed by atoms with Crippen molar-refractivity contribution >= 4 is 17.3 Å². The number of hydrogen-bond acceptors (Lipinski definition) is 7. The van der Waals surface area contributed by atoms with Crippen LogP contribution in [0.2, 0.25) is 0 Å². The first-order valence-electron chi connectivity index (χ1n) is 13.0. The zero-order chi connectivity index (χ0) is 29.4. The van der Waals surface area contributed by atoms with Crippen LogP contribution in [0.1, 0.15) is 50.3 Å². The minimum absolute atomic E-state index is 0.229. The van der Waals surface area contributed by atoms with Gasteiger partial charge in [0.05, 0.1) is 36.9 Å². The van der Waals surface area contributed by atoms with Gasteiger partial charge in [-0.1, -0.05) is 6.58 Å². The quantitative estimate of drug-likeness (QED) is 0.213. The number of benzene rings is 1. The monoisotopic (exact) mass is 558 g/mol. The lowest BCUT2D eigenvalue weighted by Gasteiger charge is -2.30. The van der Waals surface area contributed by atoms with Crippen LogP contribution < -0.4 is 10.1 Å². The number of anilines is 1. The van der Waals surface area contributed by atoms with Crippen molar-refractivity contribution in [2.75, 3.05) is 25.5 Å². The summed E-state index contributed by atoms with van der Waals surface area (Å²) in [6.45, 7) is 16.9.